The summed E-state index contributed by atoms with van der Waals surface area (Å²) in [6, 6.07) is 5.59. The quantitative estimate of drug-likeness (QED) is 0.676. The first-order chi connectivity index (χ1) is 11.1. The Morgan fingerprint density at radius 3 is 2.74 bits per heavy atom. The lowest BCUT2D eigenvalue weighted by atomic mass is 9.98. The molecule has 0 unspecified atom stereocenters. The number of hydrogen-bond donors (Lipinski definition) is 1. The number of amides is 1. The lowest BCUT2D eigenvalue weighted by molar-refractivity contribution is -0.384. The molecule has 23 heavy (non-hydrogen) atoms. The van der Waals surface area contributed by atoms with Crippen LogP contribution in [0, 0.1) is 10.1 Å². The van der Waals surface area contributed by atoms with Gasteiger partial charge in [0.05, 0.1) is 17.7 Å². The summed E-state index contributed by atoms with van der Waals surface area (Å²) < 4.78 is 1.96. The summed E-state index contributed by atoms with van der Waals surface area (Å²) in [4.78, 5) is 22.1. The Balaban J connectivity index is 1.55. The molecular formula is C16H18N4O3. The van der Waals surface area contributed by atoms with Gasteiger partial charge in [-0.3, -0.25) is 19.6 Å². The summed E-state index contributed by atoms with van der Waals surface area (Å²) in [5.41, 5.74) is 2.99. The molecule has 0 aliphatic heterocycles. The van der Waals surface area contributed by atoms with Gasteiger partial charge in [0.1, 0.15) is 0 Å². The van der Waals surface area contributed by atoms with E-state index in [1.807, 2.05) is 10.9 Å². The SMILES string of the molecule is O=C(NCCn1ncc2c1CCCC2)c1ccc([N+](=O)[O-])cc1. The Kier molecular flexibility index (Phi) is 4.36. The van der Waals surface area contributed by atoms with Crippen molar-refractivity contribution in [1.82, 2.24) is 15.1 Å². The van der Waals surface area contributed by atoms with Crippen molar-refractivity contribution in [2.45, 2.75) is 32.2 Å². The van der Waals surface area contributed by atoms with Crippen LogP contribution in [-0.4, -0.2) is 27.2 Å². The fourth-order valence-corrected chi connectivity index (χ4v) is 2.86. The van der Waals surface area contributed by atoms with Gasteiger partial charge in [-0.15, -0.1) is 0 Å². The number of nitrogens with zero attached hydrogens (tertiary/aromatic N) is 3. The normalized spacial score (nSPS) is 13.4. The van der Waals surface area contributed by atoms with Crippen LogP contribution in [-0.2, 0) is 19.4 Å². The lowest BCUT2D eigenvalue weighted by Crippen LogP contribution is -2.28. The summed E-state index contributed by atoms with van der Waals surface area (Å²) in [6.07, 6.45) is 6.46. The van der Waals surface area contributed by atoms with Crippen molar-refractivity contribution in [2.24, 2.45) is 0 Å². The van der Waals surface area contributed by atoms with Crippen LogP contribution in [0.5, 0.6) is 0 Å². The van der Waals surface area contributed by atoms with E-state index in [1.165, 1.54) is 48.4 Å². The zero-order valence-corrected chi connectivity index (χ0v) is 12.7. The van der Waals surface area contributed by atoms with Gasteiger partial charge in [-0.05, 0) is 43.4 Å². The fraction of sp³-hybridized carbons (Fsp3) is 0.375. The zero-order valence-electron chi connectivity index (χ0n) is 12.7. The smallest absolute Gasteiger partial charge is 0.269 e. The highest BCUT2D eigenvalue weighted by Gasteiger charge is 2.15. The van der Waals surface area contributed by atoms with E-state index in [0.717, 1.165) is 12.8 Å². The van der Waals surface area contributed by atoms with Gasteiger partial charge in [0.2, 0.25) is 0 Å². The van der Waals surface area contributed by atoms with E-state index in [1.54, 1.807) is 0 Å². The van der Waals surface area contributed by atoms with Crippen LogP contribution in [0.2, 0.25) is 0 Å². The third kappa shape index (κ3) is 3.39. The number of non-ortho nitro benzene ring substituents is 1. The summed E-state index contributed by atoms with van der Waals surface area (Å²) in [6.45, 7) is 1.11. The van der Waals surface area contributed by atoms with Crippen molar-refractivity contribution in [3.05, 3.63) is 57.4 Å². The molecule has 0 radical (unpaired) electrons. The lowest BCUT2D eigenvalue weighted by Gasteiger charge is -2.14. The summed E-state index contributed by atoms with van der Waals surface area (Å²) in [5.74, 6) is -0.235. The monoisotopic (exact) mass is 314 g/mol. The predicted octanol–water partition coefficient (Wildman–Crippen LogP) is 2.10. The van der Waals surface area contributed by atoms with Crippen molar-refractivity contribution in [1.29, 1.82) is 0 Å². The van der Waals surface area contributed by atoms with Gasteiger partial charge in [0.25, 0.3) is 11.6 Å². The van der Waals surface area contributed by atoms with E-state index in [4.69, 9.17) is 0 Å². The molecule has 1 aromatic heterocycles. The molecular weight excluding hydrogens is 296 g/mol. The van der Waals surface area contributed by atoms with Gasteiger partial charge >= 0.3 is 0 Å². The molecule has 3 rings (SSSR count). The molecule has 0 atom stereocenters. The van der Waals surface area contributed by atoms with Gasteiger partial charge in [-0.2, -0.15) is 5.10 Å². The van der Waals surface area contributed by atoms with Gasteiger partial charge < -0.3 is 5.32 Å². The van der Waals surface area contributed by atoms with Crippen molar-refractivity contribution >= 4 is 11.6 Å². The summed E-state index contributed by atoms with van der Waals surface area (Å²) >= 11 is 0. The van der Waals surface area contributed by atoms with Crippen LogP contribution >= 0.6 is 0 Å². The highest BCUT2D eigenvalue weighted by molar-refractivity contribution is 5.94. The highest BCUT2D eigenvalue weighted by atomic mass is 16.6. The Bertz CT molecular complexity index is 721. The van der Waals surface area contributed by atoms with Crippen LogP contribution in [0.15, 0.2) is 30.5 Å². The van der Waals surface area contributed by atoms with E-state index < -0.39 is 4.92 Å². The first-order valence-corrected chi connectivity index (χ1v) is 7.71. The van der Waals surface area contributed by atoms with E-state index in [2.05, 4.69) is 10.4 Å². The molecule has 1 aliphatic rings. The standard InChI is InChI=1S/C16H18N4O3/c21-16(12-5-7-14(8-6-12)20(22)23)17-9-10-19-15-4-2-1-3-13(15)11-18-19/h5-8,11H,1-4,9-10H2,(H,17,21). The third-order valence-electron chi connectivity index (χ3n) is 4.09. The van der Waals surface area contributed by atoms with Gasteiger partial charge in [0, 0.05) is 29.9 Å². The van der Waals surface area contributed by atoms with Gasteiger partial charge in [-0.25, -0.2) is 0 Å². The maximum Gasteiger partial charge on any atom is 0.269 e. The number of nitro groups is 1. The minimum atomic E-state index is -0.484. The number of carbonyl (C=O) groups excluding carboxylic acids is 1. The maximum atomic E-state index is 12.0. The molecule has 0 saturated carbocycles. The molecule has 0 saturated heterocycles. The van der Waals surface area contributed by atoms with Crippen LogP contribution < -0.4 is 5.32 Å². The Morgan fingerprint density at radius 1 is 1.26 bits per heavy atom. The van der Waals surface area contributed by atoms with Crippen molar-refractivity contribution in [3.63, 3.8) is 0 Å². The second-order valence-electron chi connectivity index (χ2n) is 5.61. The van der Waals surface area contributed by atoms with Crippen LogP contribution in [0.25, 0.3) is 0 Å². The van der Waals surface area contributed by atoms with E-state index in [0.29, 0.717) is 18.7 Å². The molecule has 1 aromatic carbocycles. The first-order valence-electron chi connectivity index (χ1n) is 7.71. The minimum absolute atomic E-state index is 0.0234. The summed E-state index contributed by atoms with van der Waals surface area (Å²) in [5, 5.41) is 17.8. The number of carbonyl (C=O) groups is 1. The second kappa shape index (κ2) is 6.60. The fourth-order valence-electron chi connectivity index (χ4n) is 2.86. The molecule has 0 fully saturated rings. The maximum absolute atomic E-state index is 12.0. The number of hydrogen-bond acceptors (Lipinski definition) is 4. The number of fused-ring (bicyclic) bond motifs is 1. The van der Waals surface area contributed by atoms with Crippen molar-refractivity contribution in [3.8, 4) is 0 Å². The average Bonchev–Trinajstić information content (AvgIpc) is 2.98. The number of rotatable bonds is 5. The van der Waals surface area contributed by atoms with E-state index in [-0.39, 0.29) is 11.6 Å². The Morgan fingerprint density at radius 2 is 2.00 bits per heavy atom. The molecule has 1 heterocycles. The first kappa shape index (κ1) is 15.2. The molecule has 0 bridgehead atoms. The number of nitrogens with one attached hydrogen (secondary N) is 1. The molecule has 120 valence electrons. The molecule has 1 N–H and O–H groups in total. The minimum Gasteiger partial charge on any atom is -0.350 e. The van der Waals surface area contributed by atoms with Crippen molar-refractivity contribution in [2.75, 3.05) is 6.54 Å². The summed E-state index contributed by atoms with van der Waals surface area (Å²) in [7, 11) is 0. The Labute approximate surface area is 133 Å². The Hall–Kier alpha value is -2.70. The molecule has 1 aliphatic carbocycles. The molecule has 0 spiro atoms. The van der Waals surface area contributed by atoms with Crippen LogP contribution in [0.3, 0.4) is 0 Å². The van der Waals surface area contributed by atoms with Crippen LogP contribution in [0.4, 0.5) is 5.69 Å². The number of nitro benzene ring substituents is 1. The predicted molar refractivity (Wildman–Crippen MR) is 84.3 cm³/mol. The van der Waals surface area contributed by atoms with E-state index >= 15 is 0 Å². The number of aryl methyl sites for hydroxylation is 1. The molecule has 7 heteroatoms. The highest BCUT2D eigenvalue weighted by Crippen LogP contribution is 2.20. The van der Waals surface area contributed by atoms with Gasteiger partial charge in [0.15, 0.2) is 0 Å². The third-order valence-corrected chi connectivity index (χ3v) is 4.09. The van der Waals surface area contributed by atoms with Gasteiger partial charge in [-0.1, -0.05) is 0 Å². The number of benzene rings is 1. The molecule has 1 amide bonds. The number of aromatic nitrogens is 2. The molecule has 2 aromatic rings. The van der Waals surface area contributed by atoms with Crippen molar-refractivity contribution < 1.29 is 9.72 Å². The largest absolute Gasteiger partial charge is 0.350 e. The topological polar surface area (TPSA) is 90.1 Å². The molecule has 7 nitrogen and oxygen atoms in total. The zero-order chi connectivity index (χ0) is 16.2. The van der Waals surface area contributed by atoms with Crippen LogP contribution in [0.1, 0.15) is 34.5 Å². The van der Waals surface area contributed by atoms with E-state index in [9.17, 15) is 14.9 Å². The second-order valence-corrected chi connectivity index (χ2v) is 5.61. The average molecular weight is 314 g/mol.